The molecule has 0 aromatic rings. The van der Waals surface area contributed by atoms with Crippen LogP contribution >= 0.6 is 8.60 Å². The maximum atomic E-state index is 9.81. The van der Waals surface area contributed by atoms with E-state index in [1.54, 1.807) is 0 Å². The van der Waals surface area contributed by atoms with Gasteiger partial charge in [-0.3, -0.25) is 0 Å². The molecular weight excluding hydrogens is 337 g/mol. The number of hydrogen-bond acceptors (Lipinski definition) is 3. The van der Waals surface area contributed by atoms with Gasteiger partial charge < -0.3 is 13.9 Å². The first-order valence-electron chi connectivity index (χ1n) is 8.42. The van der Waals surface area contributed by atoms with Crippen LogP contribution in [-0.2, 0) is 28.5 Å². The maximum absolute atomic E-state index is 9.81. The van der Waals surface area contributed by atoms with Crippen LogP contribution in [0.2, 0.25) is 0 Å². The Morgan fingerprint density at radius 3 is 1.48 bits per heavy atom. The molecule has 0 radical (unpaired) electrons. The van der Waals surface area contributed by atoms with Crippen molar-refractivity contribution >= 4 is 8.60 Å². The predicted molar refractivity (Wildman–Crippen MR) is 87.7 cm³/mol. The molecule has 2 unspecified atom stereocenters. The van der Waals surface area contributed by atoms with Gasteiger partial charge in [0.15, 0.2) is 0 Å². The van der Waals surface area contributed by atoms with Crippen molar-refractivity contribution in [3.63, 3.8) is 0 Å². The molecule has 0 aliphatic heterocycles. The molecule has 21 heavy (non-hydrogen) atoms. The first kappa shape index (κ1) is 24.2. The van der Waals surface area contributed by atoms with Crippen molar-refractivity contribution in [2.24, 2.45) is 11.8 Å². The fourth-order valence-electron chi connectivity index (χ4n) is 2.17. The summed E-state index contributed by atoms with van der Waals surface area (Å²) in [5, 5.41) is 0. The Labute approximate surface area is 146 Å². The first-order valence-corrected chi connectivity index (χ1v) is 9.55. The topological polar surface area (TPSA) is 38.7 Å². The second-order valence-corrected chi connectivity index (χ2v) is 6.65. The molecule has 2 atom stereocenters. The maximum Gasteiger partial charge on any atom is 0.329 e. The fraction of sp³-hybridized carbons (Fsp3) is 1.00. The zero-order chi connectivity index (χ0) is 15.2. The third-order valence-corrected chi connectivity index (χ3v) is 4.67. The van der Waals surface area contributed by atoms with Crippen LogP contribution < -0.4 is 0 Å². The van der Waals surface area contributed by atoms with Gasteiger partial charge in [-0.2, -0.15) is 0 Å². The van der Waals surface area contributed by atoms with Crippen molar-refractivity contribution in [3.05, 3.63) is 0 Å². The van der Waals surface area contributed by atoms with Gasteiger partial charge in [0.25, 0.3) is 0 Å². The van der Waals surface area contributed by atoms with E-state index in [2.05, 4.69) is 27.7 Å². The van der Waals surface area contributed by atoms with Gasteiger partial charge in [0.05, 0.1) is 13.2 Å². The molecule has 0 aliphatic rings. The molecule has 0 aliphatic carbocycles. The summed E-state index contributed by atoms with van der Waals surface area (Å²) >= 11 is 0. The van der Waals surface area contributed by atoms with Crippen molar-refractivity contribution in [1.82, 2.24) is 0 Å². The van der Waals surface area contributed by atoms with Crippen LogP contribution in [0.15, 0.2) is 0 Å². The Balaban J connectivity index is 0. The number of unbranched alkanes of at least 4 members (excludes halogenated alkanes) is 2. The summed E-state index contributed by atoms with van der Waals surface area (Å²) in [5.74, 6) is 1.11. The molecule has 0 saturated heterocycles. The van der Waals surface area contributed by atoms with Crippen LogP contribution in [-0.4, -0.2) is 18.1 Å². The van der Waals surface area contributed by atoms with Crippen LogP contribution in [0, 0.1) is 11.8 Å². The number of rotatable bonds is 14. The van der Waals surface area contributed by atoms with E-state index >= 15 is 0 Å². The Morgan fingerprint density at radius 1 is 0.810 bits per heavy atom. The van der Waals surface area contributed by atoms with Crippen LogP contribution in [0.5, 0.6) is 0 Å². The van der Waals surface area contributed by atoms with E-state index in [-0.39, 0.29) is 19.5 Å². The standard InChI is InChI=1S/C16H35O3P.Zn/c1-5-9-11-15(7-3)13-18-20(17)19-14-16(8-4)12-10-6-2;/h15-17H,5-14H2,1-4H3;. The summed E-state index contributed by atoms with van der Waals surface area (Å²) in [6.07, 6.45) is 9.50. The molecule has 0 heterocycles. The summed E-state index contributed by atoms with van der Waals surface area (Å²) in [6.45, 7) is 10.0. The van der Waals surface area contributed by atoms with Crippen LogP contribution in [0.25, 0.3) is 0 Å². The van der Waals surface area contributed by atoms with Crippen molar-refractivity contribution in [2.75, 3.05) is 13.2 Å². The van der Waals surface area contributed by atoms with Gasteiger partial charge in [-0.1, -0.05) is 66.2 Å². The van der Waals surface area contributed by atoms with Crippen LogP contribution in [0.1, 0.15) is 79.1 Å². The fourth-order valence-corrected chi connectivity index (χ4v) is 2.92. The smallest absolute Gasteiger partial charge is 0.328 e. The summed E-state index contributed by atoms with van der Waals surface area (Å²) < 4.78 is 11.0. The molecule has 0 fully saturated rings. The Bertz CT molecular complexity index is 188. The van der Waals surface area contributed by atoms with Crippen molar-refractivity contribution in [3.8, 4) is 0 Å². The van der Waals surface area contributed by atoms with E-state index < -0.39 is 8.60 Å². The molecule has 0 aromatic heterocycles. The van der Waals surface area contributed by atoms with Gasteiger partial charge in [0.2, 0.25) is 0 Å². The molecule has 0 saturated carbocycles. The van der Waals surface area contributed by atoms with Gasteiger partial charge in [0, 0.05) is 19.5 Å². The van der Waals surface area contributed by atoms with Crippen molar-refractivity contribution < 1.29 is 33.4 Å². The van der Waals surface area contributed by atoms with E-state index in [1.807, 2.05) is 0 Å². The third-order valence-electron chi connectivity index (χ3n) is 3.93. The summed E-state index contributed by atoms with van der Waals surface area (Å²) in [7, 11) is -1.69. The molecular formula is C16H35O3PZn. The molecule has 5 heteroatoms. The largest absolute Gasteiger partial charge is 0.329 e. The second-order valence-electron chi connectivity index (χ2n) is 5.66. The zero-order valence-corrected chi connectivity index (χ0v) is 18.5. The van der Waals surface area contributed by atoms with Gasteiger partial charge in [-0.15, -0.1) is 0 Å². The summed E-state index contributed by atoms with van der Waals surface area (Å²) in [6, 6.07) is 0. The normalized spacial score (nSPS) is 15.3. The second kappa shape index (κ2) is 17.3. The van der Waals surface area contributed by atoms with E-state index in [0.29, 0.717) is 25.0 Å². The third kappa shape index (κ3) is 14.3. The summed E-state index contributed by atoms with van der Waals surface area (Å²) in [5.41, 5.74) is 0. The molecule has 0 amide bonds. The number of hydrogen-bond donors (Lipinski definition) is 1. The van der Waals surface area contributed by atoms with Gasteiger partial charge in [-0.05, 0) is 24.7 Å². The Morgan fingerprint density at radius 2 is 1.19 bits per heavy atom. The van der Waals surface area contributed by atoms with Crippen molar-refractivity contribution in [1.29, 1.82) is 0 Å². The molecule has 124 valence electrons. The van der Waals surface area contributed by atoms with Crippen molar-refractivity contribution in [2.45, 2.75) is 79.1 Å². The predicted octanol–water partition coefficient (Wildman–Crippen LogP) is 5.67. The molecule has 3 nitrogen and oxygen atoms in total. The molecule has 1 N–H and O–H groups in total. The Kier molecular flexibility index (Phi) is 19.9. The average molecular weight is 372 g/mol. The SMILES string of the molecule is CCCCC(CC)COP(O)OCC(CC)CCCC.[Zn]. The monoisotopic (exact) mass is 370 g/mol. The minimum Gasteiger partial charge on any atom is -0.328 e. The first-order chi connectivity index (χ1) is 9.67. The van der Waals surface area contributed by atoms with Crippen LogP contribution in [0.3, 0.4) is 0 Å². The quantitative estimate of drug-likeness (QED) is 0.316. The zero-order valence-electron chi connectivity index (χ0n) is 14.6. The van der Waals surface area contributed by atoms with E-state index in [1.165, 1.54) is 38.5 Å². The molecule has 0 spiro atoms. The van der Waals surface area contributed by atoms with Gasteiger partial charge in [0.1, 0.15) is 0 Å². The molecule has 0 aromatic carbocycles. The van der Waals surface area contributed by atoms with E-state index in [0.717, 1.165) is 12.8 Å². The van der Waals surface area contributed by atoms with E-state index in [4.69, 9.17) is 9.05 Å². The minimum absolute atomic E-state index is 0. The minimum atomic E-state index is -1.69. The average Bonchev–Trinajstić information content (AvgIpc) is 2.47. The van der Waals surface area contributed by atoms with E-state index in [9.17, 15) is 4.89 Å². The molecule has 0 bridgehead atoms. The molecule has 0 rings (SSSR count). The van der Waals surface area contributed by atoms with Gasteiger partial charge >= 0.3 is 8.60 Å². The Hall–Kier alpha value is 0.933. The van der Waals surface area contributed by atoms with Crippen LogP contribution in [0.4, 0.5) is 0 Å². The van der Waals surface area contributed by atoms with Gasteiger partial charge in [-0.25, -0.2) is 0 Å². The summed E-state index contributed by atoms with van der Waals surface area (Å²) in [4.78, 5) is 9.81.